The van der Waals surface area contributed by atoms with Crippen LogP contribution in [0.2, 0.25) is 0 Å². The molecule has 2 saturated heterocycles. The topological polar surface area (TPSA) is 76.2 Å². The molecule has 40 heavy (non-hydrogen) atoms. The number of carbonyl (C=O) groups is 3. The van der Waals surface area contributed by atoms with Crippen molar-refractivity contribution in [3.63, 3.8) is 0 Å². The van der Waals surface area contributed by atoms with Crippen molar-refractivity contribution in [2.75, 3.05) is 6.61 Å². The zero-order valence-electron chi connectivity index (χ0n) is 23.0. The van der Waals surface area contributed by atoms with Gasteiger partial charge in [0.15, 0.2) is 0 Å². The van der Waals surface area contributed by atoms with Gasteiger partial charge in [-0.2, -0.15) is 0 Å². The number of ether oxygens (including phenoxy) is 2. The van der Waals surface area contributed by atoms with E-state index >= 15 is 0 Å². The largest absolute Gasteiger partial charge is 0.459 e. The lowest BCUT2D eigenvalue weighted by Gasteiger charge is -2.54. The van der Waals surface area contributed by atoms with Crippen LogP contribution < -0.4 is 0 Å². The van der Waals surface area contributed by atoms with Gasteiger partial charge in [0.1, 0.15) is 25.3 Å². The molecular weight excluding hydrogens is 504 g/mol. The van der Waals surface area contributed by atoms with Gasteiger partial charge >= 0.3 is 12.1 Å². The Morgan fingerprint density at radius 3 is 2.17 bits per heavy atom. The van der Waals surface area contributed by atoms with Gasteiger partial charge in [-0.15, -0.1) is 0 Å². The number of benzene rings is 3. The van der Waals surface area contributed by atoms with E-state index in [0.717, 1.165) is 16.7 Å². The Morgan fingerprint density at radius 1 is 0.950 bits per heavy atom. The van der Waals surface area contributed by atoms with E-state index in [0.29, 0.717) is 0 Å². The average Bonchev–Trinajstić information content (AvgIpc) is 3.33. The molecule has 3 aromatic carbocycles. The summed E-state index contributed by atoms with van der Waals surface area (Å²) < 4.78 is 11.2. The zero-order valence-corrected chi connectivity index (χ0v) is 23.0. The van der Waals surface area contributed by atoms with Crippen molar-refractivity contribution in [1.29, 1.82) is 0 Å². The van der Waals surface area contributed by atoms with Crippen molar-refractivity contribution in [2.24, 2.45) is 5.41 Å². The quantitative estimate of drug-likeness (QED) is 0.274. The maximum atomic E-state index is 14.0. The Labute approximate surface area is 235 Å². The minimum atomic E-state index is -0.862. The van der Waals surface area contributed by atoms with E-state index in [1.54, 1.807) is 4.90 Å². The average molecular weight is 539 g/mol. The summed E-state index contributed by atoms with van der Waals surface area (Å²) in [4.78, 5) is 43.7. The van der Waals surface area contributed by atoms with E-state index in [-0.39, 0.29) is 19.1 Å². The fraction of sp³-hybridized carbons (Fsp3) is 0.303. The molecule has 5 rings (SSSR count). The van der Waals surface area contributed by atoms with E-state index in [1.165, 1.54) is 4.90 Å². The third kappa shape index (κ3) is 5.50. The van der Waals surface area contributed by atoms with Crippen molar-refractivity contribution in [3.05, 3.63) is 114 Å². The van der Waals surface area contributed by atoms with Crippen molar-refractivity contribution < 1.29 is 23.9 Å². The highest BCUT2D eigenvalue weighted by atomic mass is 16.6. The van der Waals surface area contributed by atoms with Crippen LogP contribution in [0, 0.1) is 5.41 Å². The number of rotatable bonds is 8. The second-order valence-corrected chi connectivity index (χ2v) is 11.2. The Bertz CT molecular complexity index is 1370. The minimum Gasteiger partial charge on any atom is -0.459 e. The molecule has 0 saturated carbocycles. The predicted molar refractivity (Wildman–Crippen MR) is 152 cm³/mol. The van der Waals surface area contributed by atoms with Gasteiger partial charge < -0.3 is 14.4 Å². The lowest BCUT2D eigenvalue weighted by molar-refractivity contribution is -0.177. The van der Waals surface area contributed by atoms with Crippen LogP contribution in [0.25, 0.3) is 6.08 Å². The van der Waals surface area contributed by atoms with Gasteiger partial charge in [0.25, 0.3) is 0 Å². The van der Waals surface area contributed by atoms with Crippen LogP contribution in [-0.2, 0) is 25.7 Å². The van der Waals surface area contributed by atoms with Crippen LogP contribution in [0.15, 0.2) is 97.1 Å². The van der Waals surface area contributed by atoms with Crippen LogP contribution in [0.3, 0.4) is 0 Å². The molecule has 0 aliphatic carbocycles. The highest BCUT2D eigenvalue weighted by molar-refractivity contribution is 5.97. The zero-order chi connectivity index (χ0) is 28.3. The number of esters is 1. The first-order chi connectivity index (χ1) is 19.3. The smallest absolute Gasteiger partial charge is 0.411 e. The number of β-lactam (4-membered cyclic amide) rings is 1. The molecule has 2 heterocycles. The summed E-state index contributed by atoms with van der Waals surface area (Å²) in [5, 5.41) is 0. The Hall–Kier alpha value is -4.39. The molecule has 2 aliphatic heterocycles. The van der Waals surface area contributed by atoms with Gasteiger partial charge in [-0.1, -0.05) is 124 Å². The lowest BCUT2D eigenvalue weighted by Crippen LogP contribution is -2.75. The third-order valence-corrected chi connectivity index (χ3v) is 7.38. The Balaban J connectivity index is 1.48. The number of amides is 2. The number of carbonyl (C=O) groups excluding carboxylic acids is 3. The lowest BCUT2D eigenvalue weighted by atomic mass is 9.79. The normalized spacial score (nSPS) is 21.7. The van der Waals surface area contributed by atoms with E-state index in [2.05, 4.69) is 0 Å². The maximum Gasteiger partial charge on any atom is 0.411 e. The summed E-state index contributed by atoms with van der Waals surface area (Å²) in [5.74, 6) is -0.788. The minimum absolute atomic E-state index is 0.108. The van der Waals surface area contributed by atoms with Crippen LogP contribution in [0.5, 0.6) is 0 Å². The highest BCUT2D eigenvalue weighted by Crippen LogP contribution is 2.41. The molecule has 0 N–H and O–H groups in total. The molecule has 2 amide bonds. The van der Waals surface area contributed by atoms with Gasteiger partial charge in [-0.05, 0) is 22.1 Å². The van der Waals surface area contributed by atoms with E-state index in [1.807, 2.05) is 124 Å². The molecule has 4 atom stereocenters. The van der Waals surface area contributed by atoms with Gasteiger partial charge in [-0.3, -0.25) is 9.69 Å². The molecule has 0 radical (unpaired) electrons. The summed E-state index contributed by atoms with van der Waals surface area (Å²) >= 11 is 0. The first-order valence-corrected chi connectivity index (χ1v) is 13.5. The van der Waals surface area contributed by atoms with Crippen molar-refractivity contribution in [2.45, 2.75) is 51.5 Å². The number of cyclic esters (lactones) is 1. The summed E-state index contributed by atoms with van der Waals surface area (Å²) in [6.45, 7) is 6.01. The summed E-state index contributed by atoms with van der Waals surface area (Å²) in [5.41, 5.74) is 2.07. The highest BCUT2D eigenvalue weighted by Gasteiger charge is 2.60. The monoisotopic (exact) mass is 538 g/mol. The molecule has 7 heteroatoms. The molecule has 7 nitrogen and oxygen atoms in total. The summed E-state index contributed by atoms with van der Waals surface area (Å²) in [6, 6.07) is 26.1. The molecule has 0 bridgehead atoms. The van der Waals surface area contributed by atoms with Crippen LogP contribution in [0.1, 0.15) is 43.5 Å². The van der Waals surface area contributed by atoms with Crippen molar-refractivity contribution in [1.82, 2.24) is 9.80 Å². The number of nitrogens with zero attached hydrogens (tertiary/aromatic N) is 2. The van der Waals surface area contributed by atoms with E-state index in [9.17, 15) is 14.4 Å². The van der Waals surface area contributed by atoms with Gasteiger partial charge in [0, 0.05) is 0 Å². The first kappa shape index (κ1) is 27.2. The fourth-order valence-electron chi connectivity index (χ4n) is 5.43. The summed E-state index contributed by atoms with van der Waals surface area (Å²) in [6.07, 6.45) is 3.28. The molecule has 0 aromatic heterocycles. The van der Waals surface area contributed by atoms with Crippen LogP contribution >= 0.6 is 0 Å². The van der Waals surface area contributed by atoms with Crippen LogP contribution in [0.4, 0.5) is 4.79 Å². The van der Waals surface area contributed by atoms with E-state index in [4.69, 9.17) is 9.47 Å². The standard InChI is InChI=1S/C33H34N2O5/c1-33(2,3)29(31(37)39-21-24-15-9-5-10-16-24)35-26(20-19-23-13-7-4-8-14-23)28(30(35)36)34-27(22-40-32(34)38)25-17-11-6-12-18-25/h4-20,26-29H,21-22H2,1-3H3/t26?,27-,28?,29?/m1/s1. The third-order valence-electron chi connectivity index (χ3n) is 7.38. The first-order valence-electron chi connectivity index (χ1n) is 13.5. The second-order valence-electron chi connectivity index (χ2n) is 11.2. The molecule has 2 fully saturated rings. The Kier molecular flexibility index (Phi) is 7.74. The number of hydrogen-bond acceptors (Lipinski definition) is 5. The molecular formula is C33H34N2O5. The molecule has 2 aliphatic rings. The van der Waals surface area contributed by atoms with Gasteiger partial charge in [0.2, 0.25) is 5.91 Å². The molecule has 206 valence electrons. The summed E-state index contributed by atoms with van der Waals surface area (Å²) in [7, 11) is 0. The number of likely N-dealkylation sites (tertiary alicyclic amines) is 1. The Morgan fingerprint density at radius 2 is 1.55 bits per heavy atom. The van der Waals surface area contributed by atoms with Crippen molar-refractivity contribution in [3.8, 4) is 0 Å². The maximum absolute atomic E-state index is 14.0. The molecule has 3 aromatic rings. The second kappa shape index (κ2) is 11.4. The van der Waals surface area contributed by atoms with Gasteiger partial charge in [-0.25, -0.2) is 9.59 Å². The van der Waals surface area contributed by atoms with Gasteiger partial charge in [0.05, 0.1) is 12.1 Å². The van der Waals surface area contributed by atoms with E-state index < -0.39 is 41.6 Å². The fourth-order valence-corrected chi connectivity index (χ4v) is 5.43. The molecule has 3 unspecified atom stereocenters. The molecule has 0 spiro atoms. The van der Waals surface area contributed by atoms with Crippen molar-refractivity contribution >= 4 is 24.0 Å². The van der Waals surface area contributed by atoms with Crippen LogP contribution in [-0.4, -0.2) is 52.5 Å². The number of hydrogen-bond donors (Lipinski definition) is 0. The predicted octanol–water partition coefficient (Wildman–Crippen LogP) is 5.63. The SMILES string of the molecule is CC(C)(C)C(C(=O)OCc1ccccc1)N1C(=O)C(N2C(=O)OC[C@@H]2c2ccccc2)C1C=Cc1ccccc1.